The second kappa shape index (κ2) is 10.4. The molecule has 0 aliphatic carbocycles. The number of nitrogens with one attached hydrogen (secondary N) is 1. The molecule has 1 N–H and O–H groups in total. The molecule has 0 bridgehead atoms. The summed E-state index contributed by atoms with van der Waals surface area (Å²) in [5, 5.41) is 0. The quantitative estimate of drug-likeness (QED) is 0.534. The summed E-state index contributed by atoms with van der Waals surface area (Å²) in [7, 11) is 0. The lowest BCUT2D eigenvalue weighted by Gasteiger charge is -2.43. The Morgan fingerprint density at radius 3 is 2.82 bits per heavy atom. The van der Waals surface area contributed by atoms with E-state index in [1.165, 1.54) is 6.08 Å². The van der Waals surface area contributed by atoms with Gasteiger partial charge in [-0.15, -0.1) is 0 Å². The molecule has 4 rings (SSSR count). The highest BCUT2D eigenvalue weighted by Crippen LogP contribution is 2.39. The van der Waals surface area contributed by atoms with Gasteiger partial charge in [0.1, 0.15) is 11.4 Å². The van der Waals surface area contributed by atoms with E-state index in [9.17, 15) is 14.4 Å². The molecule has 0 radical (unpaired) electrons. The van der Waals surface area contributed by atoms with E-state index < -0.39 is 17.8 Å². The maximum Gasteiger partial charge on any atom is 0.409 e. The molecular weight excluding hydrogens is 428 g/mol. The second-order valence-corrected chi connectivity index (χ2v) is 8.54. The monoisotopic (exact) mass is 458 g/mol. The van der Waals surface area contributed by atoms with Gasteiger partial charge in [-0.3, -0.25) is 9.59 Å². The summed E-state index contributed by atoms with van der Waals surface area (Å²) >= 11 is 0. The fraction of sp³-hybridized carbons (Fsp3) is 0.542. The van der Waals surface area contributed by atoms with Crippen molar-refractivity contribution in [3.05, 3.63) is 35.4 Å². The molecule has 33 heavy (non-hydrogen) atoms. The molecule has 2 amide bonds. The highest BCUT2D eigenvalue weighted by Gasteiger charge is 2.43. The number of likely N-dealkylation sites (tertiary alicyclic amines) is 1. The largest absolute Gasteiger partial charge is 0.486 e. The molecule has 2 fully saturated rings. The summed E-state index contributed by atoms with van der Waals surface area (Å²) in [6, 6.07) is 5.29. The number of amides is 2. The molecule has 3 aliphatic rings. The highest BCUT2D eigenvalue weighted by atomic mass is 16.8. The van der Waals surface area contributed by atoms with Crippen LogP contribution in [-0.2, 0) is 19.1 Å². The minimum atomic E-state index is -0.594. The Morgan fingerprint density at radius 1 is 1.27 bits per heavy atom. The molecule has 0 aromatic heterocycles. The van der Waals surface area contributed by atoms with Crippen LogP contribution in [0.4, 0.5) is 4.79 Å². The van der Waals surface area contributed by atoms with Crippen LogP contribution in [0.25, 0.3) is 6.08 Å². The molecule has 9 heteroatoms. The summed E-state index contributed by atoms with van der Waals surface area (Å²) in [6.07, 6.45) is 6.40. The topological polar surface area (TPSA) is 103 Å². The molecule has 1 aromatic carbocycles. The van der Waals surface area contributed by atoms with Gasteiger partial charge in [0, 0.05) is 45.0 Å². The molecule has 0 saturated carbocycles. The molecular formula is C24H30N2O7. The maximum absolute atomic E-state index is 12.9. The molecule has 178 valence electrons. The van der Waals surface area contributed by atoms with E-state index in [0.29, 0.717) is 56.0 Å². The number of hydrogen-bond donors (Lipinski definition) is 1. The Bertz CT molecular complexity index is 915. The van der Waals surface area contributed by atoms with Crippen LogP contribution in [0.15, 0.2) is 24.3 Å². The minimum Gasteiger partial charge on any atom is -0.486 e. The summed E-state index contributed by atoms with van der Waals surface area (Å²) in [5.41, 5.74) is 2.99. The van der Waals surface area contributed by atoms with Crippen LogP contribution in [0.3, 0.4) is 0 Å². The van der Waals surface area contributed by atoms with Crippen molar-refractivity contribution in [3.8, 4) is 5.75 Å². The molecule has 2 saturated heterocycles. The predicted molar refractivity (Wildman–Crippen MR) is 118 cm³/mol. The number of ether oxygens (including phenoxy) is 3. The molecule has 9 nitrogen and oxygen atoms in total. The van der Waals surface area contributed by atoms with Crippen LogP contribution in [0.5, 0.6) is 5.75 Å². The van der Waals surface area contributed by atoms with Crippen molar-refractivity contribution in [2.75, 3.05) is 26.3 Å². The number of rotatable bonds is 5. The lowest BCUT2D eigenvalue weighted by atomic mass is 9.82. The predicted octanol–water partition coefficient (Wildman–Crippen LogP) is 3.23. The van der Waals surface area contributed by atoms with Crippen molar-refractivity contribution in [1.29, 1.82) is 0 Å². The van der Waals surface area contributed by atoms with Crippen LogP contribution in [-0.4, -0.2) is 60.9 Å². The number of piperidine rings is 1. The van der Waals surface area contributed by atoms with Crippen LogP contribution < -0.4 is 10.2 Å². The molecule has 1 aromatic rings. The van der Waals surface area contributed by atoms with Crippen molar-refractivity contribution in [2.24, 2.45) is 0 Å². The molecule has 3 aliphatic heterocycles. The third-order valence-electron chi connectivity index (χ3n) is 6.17. The first-order valence-electron chi connectivity index (χ1n) is 11.5. The zero-order chi connectivity index (χ0) is 23.3. The minimum absolute atomic E-state index is 0.00156. The van der Waals surface area contributed by atoms with Gasteiger partial charge in [-0.1, -0.05) is 6.07 Å². The van der Waals surface area contributed by atoms with E-state index in [1.807, 2.05) is 0 Å². The molecule has 3 heterocycles. The van der Waals surface area contributed by atoms with E-state index in [4.69, 9.17) is 19.0 Å². The van der Waals surface area contributed by atoms with Crippen molar-refractivity contribution in [2.45, 2.75) is 57.3 Å². The Kier molecular flexibility index (Phi) is 7.29. The van der Waals surface area contributed by atoms with E-state index >= 15 is 0 Å². The van der Waals surface area contributed by atoms with Crippen LogP contribution >= 0.6 is 0 Å². The zero-order valence-corrected chi connectivity index (χ0v) is 18.8. The van der Waals surface area contributed by atoms with Gasteiger partial charge < -0.3 is 19.1 Å². The number of hydrogen-bond acceptors (Lipinski definition) is 7. The van der Waals surface area contributed by atoms with Crippen molar-refractivity contribution >= 4 is 23.9 Å². The van der Waals surface area contributed by atoms with E-state index in [2.05, 4.69) is 5.48 Å². The second-order valence-electron chi connectivity index (χ2n) is 8.54. The number of hydroxylamine groups is 1. The maximum atomic E-state index is 12.9. The van der Waals surface area contributed by atoms with Crippen molar-refractivity contribution in [1.82, 2.24) is 10.4 Å². The highest BCUT2D eigenvalue weighted by molar-refractivity contribution is 6.01. The smallest absolute Gasteiger partial charge is 0.409 e. The Labute approximate surface area is 192 Å². The number of carbonyl (C=O) groups is 3. The average molecular weight is 459 g/mol. The van der Waals surface area contributed by atoms with Gasteiger partial charge in [-0.2, -0.15) is 0 Å². The number of Topliss-reactive ketones (excluding diaryl/α,β-unsaturated/α-hetero) is 1. The van der Waals surface area contributed by atoms with Crippen LogP contribution in [0.2, 0.25) is 0 Å². The van der Waals surface area contributed by atoms with Gasteiger partial charge in [-0.25, -0.2) is 15.1 Å². The van der Waals surface area contributed by atoms with E-state index in [1.54, 1.807) is 36.1 Å². The third kappa shape index (κ3) is 5.72. The number of ketones is 1. The van der Waals surface area contributed by atoms with Crippen molar-refractivity contribution < 1.29 is 33.4 Å². The molecule has 1 spiro atoms. The molecule has 1 unspecified atom stereocenters. The number of benzene rings is 1. The lowest BCUT2D eigenvalue weighted by Crippen LogP contribution is -2.52. The molecule has 1 atom stereocenters. The number of fused-ring (bicyclic) bond motifs is 1. The lowest BCUT2D eigenvalue weighted by molar-refractivity contribution is -0.198. The zero-order valence-electron chi connectivity index (χ0n) is 18.8. The summed E-state index contributed by atoms with van der Waals surface area (Å²) in [4.78, 5) is 43.8. The van der Waals surface area contributed by atoms with E-state index in [-0.39, 0.29) is 18.3 Å². The Morgan fingerprint density at radius 2 is 2.09 bits per heavy atom. The Hall–Kier alpha value is -2.91. The Balaban J connectivity index is 1.34. The van der Waals surface area contributed by atoms with Gasteiger partial charge in [0.25, 0.3) is 5.91 Å². The average Bonchev–Trinajstić information content (AvgIpc) is 2.83. The first-order chi connectivity index (χ1) is 16.0. The normalized spacial score (nSPS) is 22.0. The fourth-order valence-electron chi connectivity index (χ4n) is 4.34. The first kappa shape index (κ1) is 23.3. The van der Waals surface area contributed by atoms with Gasteiger partial charge >= 0.3 is 6.09 Å². The number of carbonyl (C=O) groups excluding carboxylic acids is 3. The summed E-state index contributed by atoms with van der Waals surface area (Å²) in [6.45, 7) is 3.73. The van der Waals surface area contributed by atoms with Crippen molar-refractivity contribution in [3.63, 3.8) is 0 Å². The first-order valence-corrected chi connectivity index (χ1v) is 11.5. The summed E-state index contributed by atoms with van der Waals surface area (Å²) < 4.78 is 16.7. The van der Waals surface area contributed by atoms with Gasteiger partial charge in [-0.05, 0) is 43.5 Å². The van der Waals surface area contributed by atoms with Gasteiger partial charge in [0.2, 0.25) is 0 Å². The fourth-order valence-corrected chi connectivity index (χ4v) is 4.34. The van der Waals surface area contributed by atoms with Crippen LogP contribution in [0, 0.1) is 0 Å². The van der Waals surface area contributed by atoms with Crippen LogP contribution in [0.1, 0.15) is 61.4 Å². The number of nitrogens with zero attached hydrogens (tertiary/aromatic N) is 1. The SMILES string of the molecule is CCOC(=O)N1CCC2(CC1)CC(=O)c1cc(C=CC(=O)NOC3CCCCO3)ccc1O2. The van der Waals surface area contributed by atoms with Gasteiger partial charge in [0.15, 0.2) is 12.1 Å². The third-order valence-corrected chi connectivity index (χ3v) is 6.17. The van der Waals surface area contributed by atoms with E-state index in [0.717, 1.165) is 19.3 Å². The standard InChI is InChI=1S/C24H30N2O7/c1-2-30-23(29)26-12-10-24(11-13-26)16-19(27)18-15-17(6-8-20(18)32-24)7-9-21(28)25-33-22-5-3-4-14-31-22/h6-9,15,22H,2-5,10-14,16H2,1H3,(H,25,28). The summed E-state index contributed by atoms with van der Waals surface area (Å²) in [5.74, 6) is 0.130. The van der Waals surface area contributed by atoms with Gasteiger partial charge in [0.05, 0.1) is 18.6 Å².